The number of aryl methyl sites for hydroxylation is 1. The maximum Gasteiger partial charge on any atom is 0.260 e. The van der Waals surface area contributed by atoms with Gasteiger partial charge < -0.3 is 14.1 Å². The molecule has 3 aromatic carbocycles. The van der Waals surface area contributed by atoms with Gasteiger partial charge in [0.05, 0.1) is 11.1 Å². The fraction of sp³-hybridized carbons (Fsp3) is 0.259. The largest absolute Gasteiger partial charge is 0.461 e. The van der Waals surface area contributed by atoms with Gasteiger partial charge in [-0.3, -0.25) is 4.79 Å². The minimum absolute atomic E-state index is 0.112. The lowest BCUT2D eigenvalue weighted by atomic mass is 10.0. The van der Waals surface area contributed by atoms with Crippen molar-refractivity contribution in [3.05, 3.63) is 81.5 Å². The number of carbonyl (C=O) groups is 1. The minimum Gasteiger partial charge on any atom is -0.461 e. The lowest BCUT2D eigenvalue weighted by Gasteiger charge is -2.31. The second kappa shape index (κ2) is 9.78. The molecule has 1 aromatic heterocycles. The van der Waals surface area contributed by atoms with Gasteiger partial charge in [0, 0.05) is 29.1 Å². The number of para-hydroxylation sites is 1. The first kappa shape index (κ1) is 23.0. The standard InChI is InChI=1S/C27H25BrN2O3/c1-4-5-14-30(26(31)24-17(2)33-23-9-7-6-8-22(23)24)27(32-3)19-12-13-21-18(15-19)10-11-20(16-29)25(21)28/h6-13,15,27H,4-5,14H2,1-3H3. The average Bonchev–Trinajstić information content (AvgIpc) is 3.17. The molecule has 0 saturated heterocycles. The fourth-order valence-corrected chi connectivity index (χ4v) is 4.81. The second-order valence-electron chi connectivity index (χ2n) is 7.99. The molecule has 0 N–H and O–H groups in total. The number of fused-ring (bicyclic) bond motifs is 2. The summed E-state index contributed by atoms with van der Waals surface area (Å²) in [5, 5.41) is 12.0. The molecule has 6 heteroatoms. The molecule has 0 spiro atoms. The van der Waals surface area contributed by atoms with Gasteiger partial charge in [0.25, 0.3) is 5.91 Å². The summed E-state index contributed by atoms with van der Waals surface area (Å²) in [7, 11) is 1.62. The van der Waals surface area contributed by atoms with Crippen molar-refractivity contribution < 1.29 is 13.9 Å². The molecule has 1 amide bonds. The monoisotopic (exact) mass is 504 g/mol. The third-order valence-electron chi connectivity index (χ3n) is 5.89. The van der Waals surface area contributed by atoms with Crippen LogP contribution < -0.4 is 0 Å². The predicted molar refractivity (Wildman–Crippen MR) is 133 cm³/mol. The Labute approximate surface area is 201 Å². The number of benzene rings is 3. The van der Waals surface area contributed by atoms with Crippen LogP contribution in [0.4, 0.5) is 0 Å². The van der Waals surface area contributed by atoms with Gasteiger partial charge in [-0.1, -0.05) is 49.7 Å². The number of nitriles is 1. The van der Waals surface area contributed by atoms with Gasteiger partial charge in [0.1, 0.15) is 17.4 Å². The Bertz CT molecular complexity index is 1370. The Morgan fingerprint density at radius 1 is 1.18 bits per heavy atom. The van der Waals surface area contributed by atoms with E-state index in [1.165, 1.54) is 0 Å². The number of nitrogens with zero attached hydrogens (tertiary/aromatic N) is 2. The molecule has 0 bridgehead atoms. The fourth-order valence-electron chi connectivity index (χ4n) is 4.22. The van der Waals surface area contributed by atoms with Gasteiger partial charge in [0.15, 0.2) is 6.23 Å². The molecular formula is C27H25BrN2O3. The average molecular weight is 505 g/mol. The zero-order valence-corrected chi connectivity index (χ0v) is 20.5. The summed E-state index contributed by atoms with van der Waals surface area (Å²) in [5.41, 5.74) is 2.73. The summed E-state index contributed by atoms with van der Waals surface area (Å²) in [5.74, 6) is 0.489. The Balaban J connectivity index is 1.79. The Morgan fingerprint density at radius 3 is 2.70 bits per heavy atom. The molecule has 0 saturated carbocycles. The van der Waals surface area contributed by atoms with Gasteiger partial charge >= 0.3 is 0 Å². The number of carbonyl (C=O) groups excluding carboxylic acids is 1. The normalized spacial score (nSPS) is 12.1. The second-order valence-corrected chi connectivity index (χ2v) is 8.78. The SMILES string of the molecule is CCCCN(C(=O)c1c(C)oc2ccccc12)C(OC)c1ccc2c(Br)c(C#N)ccc2c1. The van der Waals surface area contributed by atoms with E-state index in [1.54, 1.807) is 18.1 Å². The molecule has 0 aliphatic rings. The van der Waals surface area contributed by atoms with Crippen molar-refractivity contribution in [3.63, 3.8) is 0 Å². The van der Waals surface area contributed by atoms with Crippen molar-refractivity contribution in [1.82, 2.24) is 4.90 Å². The van der Waals surface area contributed by atoms with Crippen molar-refractivity contribution in [2.24, 2.45) is 0 Å². The molecule has 0 aliphatic carbocycles. The molecule has 1 heterocycles. The van der Waals surface area contributed by atoms with Gasteiger partial charge in [0.2, 0.25) is 0 Å². The highest BCUT2D eigenvalue weighted by atomic mass is 79.9. The van der Waals surface area contributed by atoms with E-state index in [4.69, 9.17) is 9.15 Å². The van der Waals surface area contributed by atoms with Gasteiger partial charge in [-0.25, -0.2) is 0 Å². The van der Waals surface area contributed by atoms with Crippen molar-refractivity contribution >= 4 is 43.6 Å². The highest BCUT2D eigenvalue weighted by Gasteiger charge is 2.30. The van der Waals surface area contributed by atoms with E-state index in [0.717, 1.165) is 39.0 Å². The molecule has 0 fully saturated rings. The molecule has 4 aromatic rings. The van der Waals surface area contributed by atoms with Crippen LogP contribution in [-0.4, -0.2) is 24.5 Å². The molecule has 0 radical (unpaired) electrons. The molecule has 0 aliphatic heterocycles. The maximum absolute atomic E-state index is 13.9. The number of rotatable bonds is 7. The Kier molecular flexibility index (Phi) is 6.83. The Morgan fingerprint density at radius 2 is 1.97 bits per heavy atom. The number of unbranched alkanes of at least 4 members (excludes halogenated alkanes) is 1. The van der Waals surface area contributed by atoms with Crippen LogP contribution >= 0.6 is 15.9 Å². The van der Waals surface area contributed by atoms with E-state index in [-0.39, 0.29) is 5.91 Å². The number of hydrogen-bond acceptors (Lipinski definition) is 4. The van der Waals surface area contributed by atoms with Crippen LogP contribution in [0.3, 0.4) is 0 Å². The maximum atomic E-state index is 13.9. The van der Waals surface area contributed by atoms with Crippen LogP contribution in [0.5, 0.6) is 0 Å². The van der Waals surface area contributed by atoms with Gasteiger partial charge in [-0.15, -0.1) is 0 Å². The molecule has 1 unspecified atom stereocenters. The first-order valence-electron chi connectivity index (χ1n) is 10.9. The molecule has 33 heavy (non-hydrogen) atoms. The van der Waals surface area contributed by atoms with Crippen LogP contribution in [0.25, 0.3) is 21.7 Å². The van der Waals surface area contributed by atoms with Crippen LogP contribution in [-0.2, 0) is 4.74 Å². The molecular weight excluding hydrogens is 480 g/mol. The molecule has 5 nitrogen and oxygen atoms in total. The van der Waals surface area contributed by atoms with Crippen LogP contribution in [0.2, 0.25) is 0 Å². The smallest absolute Gasteiger partial charge is 0.260 e. The van der Waals surface area contributed by atoms with Crippen molar-refractivity contribution in [3.8, 4) is 6.07 Å². The van der Waals surface area contributed by atoms with Crippen LogP contribution in [0.15, 0.2) is 63.5 Å². The Hall–Kier alpha value is -3.14. The van der Waals surface area contributed by atoms with Crippen molar-refractivity contribution in [2.75, 3.05) is 13.7 Å². The van der Waals surface area contributed by atoms with E-state index in [9.17, 15) is 10.1 Å². The quantitative estimate of drug-likeness (QED) is 0.251. The zero-order valence-electron chi connectivity index (χ0n) is 18.9. The van der Waals surface area contributed by atoms with E-state index in [2.05, 4.69) is 28.9 Å². The van der Waals surface area contributed by atoms with E-state index < -0.39 is 6.23 Å². The van der Waals surface area contributed by atoms with Crippen molar-refractivity contribution in [1.29, 1.82) is 5.26 Å². The highest BCUT2D eigenvalue weighted by molar-refractivity contribution is 9.10. The summed E-state index contributed by atoms with van der Waals surface area (Å²) < 4.78 is 12.5. The topological polar surface area (TPSA) is 66.5 Å². The third kappa shape index (κ3) is 4.27. The minimum atomic E-state index is -0.559. The summed E-state index contributed by atoms with van der Waals surface area (Å²) in [4.78, 5) is 15.6. The number of methoxy groups -OCH3 is 1. The highest BCUT2D eigenvalue weighted by Crippen LogP contribution is 2.34. The molecule has 4 rings (SSSR count). The van der Waals surface area contributed by atoms with E-state index >= 15 is 0 Å². The number of amides is 1. The number of furan rings is 1. The summed E-state index contributed by atoms with van der Waals surface area (Å²) in [6.45, 7) is 4.48. The lowest BCUT2D eigenvalue weighted by Crippen LogP contribution is -2.37. The summed E-state index contributed by atoms with van der Waals surface area (Å²) in [6.07, 6.45) is 1.24. The number of halogens is 1. The summed E-state index contributed by atoms with van der Waals surface area (Å²) in [6, 6.07) is 19.4. The van der Waals surface area contributed by atoms with Gasteiger partial charge in [-0.2, -0.15) is 5.26 Å². The van der Waals surface area contributed by atoms with Gasteiger partial charge in [-0.05, 0) is 58.2 Å². The lowest BCUT2D eigenvalue weighted by molar-refractivity contribution is -0.0231. The third-order valence-corrected chi connectivity index (χ3v) is 6.74. The zero-order chi connectivity index (χ0) is 23.5. The predicted octanol–water partition coefficient (Wildman–Crippen LogP) is 7.12. The number of ether oxygens (including phenoxy) is 1. The van der Waals surface area contributed by atoms with E-state index in [1.807, 2.05) is 55.5 Å². The van der Waals surface area contributed by atoms with Crippen LogP contribution in [0.1, 0.15) is 53.2 Å². The molecule has 1 atom stereocenters. The molecule has 168 valence electrons. The van der Waals surface area contributed by atoms with Crippen LogP contribution in [0, 0.1) is 18.3 Å². The first-order valence-corrected chi connectivity index (χ1v) is 11.7. The number of hydrogen-bond donors (Lipinski definition) is 0. The summed E-state index contributed by atoms with van der Waals surface area (Å²) >= 11 is 3.54. The van der Waals surface area contributed by atoms with E-state index in [0.29, 0.717) is 29.0 Å². The first-order chi connectivity index (χ1) is 16.0. The van der Waals surface area contributed by atoms with Crippen molar-refractivity contribution in [2.45, 2.75) is 32.9 Å².